The molecule has 0 aromatic carbocycles. The summed E-state index contributed by atoms with van der Waals surface area (Å²) in [5.41, 5.74) is -0.498. The Hall–Kier alpha value is -0.260. The molecule has 0 amide bonds. The number of thioether (sulfide) groups is 1. The lowest BCUT2D eigenvalue weighted by Crippen LogP contribution is -2.55. The van der Waals surface area contributed by atoms with Crippen LogP contribution < -0.4 is 5.32 Å². The van der Waals surface area contributed by atoms with Gasteiger partial charge in [-0.3, -0.25) is 4.79 Å². The van der Waals surface area contributed by atoms with Crippen molar-refractivity contribution in [3.05, 3.63) is 0 Å². The molecule has 18 heavy (non-hydrogen) atoms. The zero-order valence-corrected chi connectivity index (χ0v) is 12.2. The Morgan fingerprint density at radius 3 is 2.67 bits per heavy atom. The second-order valence-corrected chi connectivity index (χ2v) is 6.43. The number of carbonyl (C=O) groups excluding carboxylic acids is 1. The number of methoxy groups -OCH3 is 1. The second kappa shape index (κ2) is 5.80. The second-order valence-electron chi connectivity index (χ2n) is 5.20. The van der Waals surface area contributed by atoms with Crippen LogP contribution in [0.15, 0.2) is 0 Å². The highest BCUT2D eigenvalue weighted by Crippen LogP contribution is 2.43. The fourth-order valence-corrected chi connectivity index (χ4v) is 4.24. The first-order chi connectivity index (χ1) is 8.64. The van der Waals surface area contributed by atoms with Gasteiger partial charge in [-0.2, -0.15) is 11.8 Å². The molecule has 2 fully saturated rings. The highest BCUT2D eigenvalue weighted by Gasteiger charge is 2.51. The Bertz CT molecular complexity index is 309. The molecule has 104 valence electrons. The van der Waals surface area contributed by atoms with Crippen molar-refractivity contribution in [1.82, 2.24) is 5.32 Å². The van der Waals surface area contributed by atoms with Gasteiger partial charge in [0.15, 0.2) is 0 Å². The summed E-state index contributed by atoms with van der Waals surface area (Å²) in [6, 6.07) is 0. The van der Waals surface area contributed by atoms with Gasteiger partial charge in [0.05, 0.1) is 13.2 Å². The smallest absolute Gasteiger partial charge is 0.327 e. The highest BCUT2D eigenvalue weighted by atomic mass is 32.2. The van der Waals surface area contributed by atoms with E-state index in [-0.39, 0.29) is 5.97 Å². The Labute approximate surface area is 113 Å². The summed E-state index contributed by atoms with van der Waals surface area (Å²) in [6.07, 6.45) is 3.61. The van der Waals surface area contributed by atoms with E-state index < -0.39 is 5.54 Å². The molecule has 0 radical (unpaired) electrons. The minimum Gasteiger partial charge on any atom is -0.468 e. The molecule has 1 aliphatic carbocycles. The molecule has 0 aromatic rings. The minimum atomic E-state index is -0.498. The van der Waals surface area contributed by atoms with Gasteiger partial charge in [-0.15, -0.1) is 0 Å². The molecule has 1 aliphatic heterocycles. The van der Waals surface area contributed by atoms with E-state index in [4.69, 9.17) is 9.47 Å². The quantitative estimate of drug-likeness (QED) is 0.742. The lowest BCUT2D eigenvalue weighted by atomic mass is 9.96. The van der Waals surface area contributed by atoms with Gasteiger partial charge in [0, 0.05) is 17.6 Å². The van der Waals surface area contributed by atoms with E-state index in [9.17, 15) is 4.79 Å². The van der Waals surface area contributed by atoms with Crippen LogP contribution >= 0.6 is 11.8 Å². The molecule has 2 rings (SSSR count). The molecular weight excluding hydrogens is 250 g/mol. The van der Waals surface area contributed by atoms with Gasteiger partial charge >= 0.3 is 5.97 Å². The first-order valence-electron chi connectivity index (χ1n) is 6.64. The van der Waals surface area contributed by atoms with Crippen molar-refractivity contribution >= 4 is 17.7 Å². The van der Waals surface area contributed by atoms with E-state index >= 15 is 0 Å². The summed E-state index contributed by atoms with van der Waals surface area (Å²) >= 11 is 1.85. The Morgan fingerprint density at radius 1 is 1.50 bits per heavy atom. The van der Waals surface area contributed by atoms with E-state index in [1.54, 1.807) is 0 Å². The summed E-state index contributed by atoms with van der Waals surface area (Å²) in [6.45, 7) is 2.95. The van der Waals surface area contributed by atoms with Crippen molar-refractivity contribution in [3.63, 3.8) is 0 Å². The van der Waals surface area contributed by atoms with E-state index in [2.05, 4.69) is 12.2 Å². The van der Waals surface area contributed by atoms with E-state index in [0.29, 0.717) is 17.3 Å². The molecule has 2 aliphatic rings. The number of hydrogen-bond acceptors (Lipinski definition) is 5. The number of nitrogens with one attached hydrogen (secondary N) is 1. The zero-order chi connectivity index (χ0) is 13.2. The van der Waals surface area contributed by atoms with Crippen molar-refractivity contribution < 1.29 is 14.3 Å². The van der Waals surface area contributed by atoms with Crippen molar-refractivity contribution in [3.8, 4) is 0 Å². The standard InChI is InChI=1S/C13H23NO3S/c1-9-11(6-7-17-9)18-8-13(14-2,10-4-5-10)12(15)16-3/h9-11,14H,4-8H2,1-3H3. The third kappa shape index (κ3) is 2.68. The molecule has 4 nitrogen and oxygen atoms in total. The van der Waals surface area contributed by atoms with Gasteiger partial charge in [0.2, 0.25) is 0 Å². The number of likely N-dealkylation sites (N-methyl/N-ethyl adjacent to an activating group) is 1. The Kier molecular flexibility index (Phi) is 4.56. The van der Waals surface area contributed by atoms with Gasteiger partial charge in [-0.1, -0.05) is 0 Å². The molecule has 0 bridgehead atoms. The molecule has 3 atom stereocenters. The van der Waals surface area contributed by atoms with E-state index in [1.165, 1.54) is 7.11 Å². The van der Waals surface area contributed by atoms with Crippen molar-refractivity contribution in [2.24, 2.45) is 5.92 Å². The van der Waals surface area contributed by atoms with E-state index in [0.717, 1.165) is 31.6 Å². The molecule has 1 N–H and O–H groups in total. The third-order valence-corrected chi connectivity index (χ3v) is 5.77. The molecule has 0 spiro atoms. The maximum Gasteiger partial charge on any atom is 0.327 e. The maximum absolute atomic E-state index is 12.1. The first-order valence-corrected chi connectivity index (χ1v) is 7.69. The third-order valence-electron chi connectivity index (χ3n) is 4.10. The fraction of sp³-hybridized carbons (Fsp3) is 0.923. The van der Waals surface area contributed by atoms with E-state index in [1.807, 2.05) is 18.8 Å². The Morgan fingerprint density at radius 2 is 2.22 bits per heavy atom. The van der Waals surface area contributed by atoms with Gasteiger partial charge in [-0.05, 0) is 39.2 Å². The molecule has 0 aromatic heterocycles. The molecule has 1 saturated heterocycles. The largest absolute Gasteiger partial charge is 0.468 e. The minimum absolute atomic E-state index is 0.119. The first kappa shape index (κ1) is 14.2. The fourth-order valence-electron chi connectivity index (χ4n) is 2.65. The van der Waals surface area contributed by atoms with Crippen LogP contribution in [-0.2, 0) is 14.3 Å². The molecular formula is C13H23NO3S. The number of ether oxygens (including phenoxy) is 2. The van der Waals surface area contributed by atoms with Crippen LogP contribution in [0.5, 0.6) is 0 Å². The van der Waals surface area contributed by atoms with Crippen molar-refractivity contribution in [1.29, 1.82) is 0 Å². The van der Waals surface area contributed by atoms with Crippen LogP contribution in [0.25, 0.3) is 0 Å². The summed E-state index contributed by atoms with van der Waals surface area (Å²) in [5, 5.41) is 3.73. The summed E-state index contributed by atoms with van der Waals surface area (Å²) in [5.74, 6) is 1.09. The van der Waals surface area contributed by atoms with Crippen LogP contribution in [0.1, 0.15) is 26.2 Å². The monoisotopic (exact) mass is 273 g/mol. The van der Waals surface area contributed by atoms with Crippen molar-refractivity contribution in [2.45, 2.75) is 43.1 Å². The average molecular weight is 273 g/mol. The average Bonchev–Trinajstić information content (AvgIpc) is 3.15. The van der Waals surface area contributed by atoms with Crippen LogP contribution in [0.4, 0.5) is 0 Å². The van der Waals surface area contributed by atoms with Crippen LogP contribution in [0.2, 0.25) is 0 Å². The summed E-state index contributed by atoms with van der Waals surface area (Å²) in [7, 11) is 3.34. The summed E-state index contributed by atoms with van der Waals surface area (Å²) < 4.78 is 10.6. The molecule has 1 saturated carbocycles. The zero-order valence-electron chi connectivity index (χ0n) is 11.4. The lowest BCUT2D eigenvalue weighted by molar-refractivity contribution is -0.148. The van der Waals surface area contributed by atoms with Crippen LogP contribution in [-0.4, -0.2) is 49.4 Å². The van der Waals surface area contributed by atoms with Gasteiger partial charge in [0.1, 0.15) is 5.54 Å². The summed E-state index contributed by atoms with van der Waals surface area (Å²) in [4.78, 5) is 12.1. The highest BCUT2D eigenvalue weighted by molar-refractivity contribution is 8.00. The van der Waals surface area contributed by atoms with Gasteiger partial charge in [-0.25, -0.2) is 0 Å². The topological polar surface area (TPSA) is 47.6 Å². The normalized spacial score (nSPS) is 31.1. The lowest BCUT2D eigenvalue weighted by Gasteiger charge is -2.31. The van der Waals surface area contributed by atoms with Gasteiger partial charge < -0.3 is 14.8 Å². The molecule has 3 unspecified atom stereocenters. The molecule has 1 heterocycles. The number of carbonyl (C=O) groups is 1. The van der Waals surface area contributed by atoms with Crippen LogP contribution in [0, 0.1) is 5.92 Å². The Balaban J connectivity index is 1.98. The van der Waals surface area contributed by atoms with Crippen LogP contribution in [0.3, 0.4) is 0 Å². The predicted octanol–water partition coefficient (Wildman–Crippen LogP) is 1.44. The SMILES string of the molecule is CNC(CSC1CCOC1C)(C(=O)OC)C1CC1. The number of hydrogen-bond donors (Lipinski definition) is 1. The number of rotatable bonds is 6. The maximum atomic E-state index is 12.1. The number of esters is 1. The van der Waals surface area contributed by atoms with Crippen molar-refractivity contribution in [2.75, 3.05) is 26.5 Å². The predicted molar refractivity (Wildman–Crippen MR) is 72.8 cm³/mol. The van der Waals surface area contributed by atoms with Gasteiger partial charge in [0.25, 0.3) is 0 Å². The molecule has 5 heteroatoms.